The second-order valence-electron chi connectivity index (χ2n) is 9.13. The molecule has 2 atom stereocenters. The van der Waals surface area contributed by atoms with Gasteiger partial charge in [-0.1, -0.05) is 25.7 Å². The second kappa shape index (κ2) is 8.72. The largest absolute Gasteiger partial charge is 0.444 e. The van der Waals surface area contributed by atoms with E-state index in [0.29, 0.717) is 6.54 Å². The third kappa shape index (κ3) is 6.78. The van der Waals surface area contributed by atoms with E-state index in [1.165, 1.54) is 12.8 Å². The number of hydrogen-bond acceptors (Lipinski definition) is 4. The van der Waals surface area contributed by atoms with Crippen LogP contribution >= 0.6 is 0 Å². The first-order chi connectivity index (χ1) is 11.7. The lowest BCUT2D eigenvalue weighted by Gasteiger charge is -2.34. The number of carbonyl (C=O) groups is 1. The minimum Gasteiger partial charge on any atom is -0.444 e. The zero-order valence-corrected chi connectivity index (χ0v) is 16.6. The zero-order chi connectivity index (χ0) is 18.5. The van der Waals surface area contributed by atoms with Crippen molar-refractivity contribution in [3.63, 3.8) is 0 Å². The quantitative estimate of drug-likeness (QED) is 0.787. The van der Waals surface area contributed by atoms with Crippen LogP contribution in [0.5, 0.6) is 0 Å². The van der Waals surface area contributed by atoms with Crippen molar-refractivity contribution in [2.45, 2.75) is 109 Å². The van der Waals surface area contributed by atoms with Crippen LogP contribution in [0.3, 0.4) is 0 Å². The van der Waals surface area contributed by atoms with Gasteiger partial charge in [-0.3, -0.25) is 0 Å². The average Bonchev–Trinajstić information content (AvgIpc) is 2.80. The Balaban J connectivity index is 1.89. The van der Waals surface area contributed by atoms with E-state index in [1.807, 2.05) is 25.7 Å². The van der Waals surface area contributed by atoms with Crippen LogP contribution in [0.4, 0.5) is 4.79 Å². The fourth-order valence-corrected chi connectivity index (χ4v) is 4.05. The number of aliphatic hydroxyl groups is 1. The van der Waals surface area contributed by atoms with Gasteiger partial charge < -0.3 is 20.1 Å². The van der Waals surface area contributed by atoms with E-state index in [4.69, 9.17) is 4.74 Å². The predicted molar refractivity (Wildman–Crippen MR) is 101 cm³/mol. The predicted octanol–water partition coefficient (Wildman–Crippen LogP) is 3.84. The third-order valence-electron chi connectivity index (χ3n) is 5.44. The van der Waals surface area contributed by atoms with Crippen LogP contribution in [0.1, 0.15) is 85.5 Å². The molecule has 2 N–H and O–H groups in total. The van der Waals surface area contributed by atoms with Gasteiger partial charge >= 0.3 is 6.09 Å². The average molecular weight is 355 g/mol. The molecular weight excluding hydrogens is 316 g/mol. The Hall–Kier alpha value is -0.810. The molecule has 1 saturated heterocycles. The Morgan fingerprint density at radius 3 is 2.56 bits per heavy atom. The number of hydrogen-bond donors (Lipinski definition) is 2. The molecule has 5 heteroatoms. The second-order valence-corrected chi connectivity index (χ2v) is 9.13. The molecule has 25 heavy (non-hydrogen) atoms. The van der Waals surface area contributed by atoms with Gasteiger partial charge in [-0.05, 0) is 59.8 Å². The number of rotatable bonds is 5. The Morgan fingerprint density at radius 2 is 1.92 bits per heavy atom. The first kappa shape index (κ1) is 20.5. The summed E-state index contributed by atoms with van der Waals surface area (Å²) in [5, 5.41) is 14.0. The van der Waals surface area contributed by atoms with E-state index in [0.717, 1.165) is 51.5 Å². The van der Waals surface area contributed by atoms with E-state index >= 15 is 0 Å². The molecule has 1 amide bonds. The normalized spacial score (nSPS) is 25.5. The molecule has 0 aromatic carbocycles. The summed E-state index contributed by atoms with van der Waals surface area (Å²) in [4.78, 5) is 14.6. The number of carbonyl (C=O) groups excluding carboxylic acids is 1. The Morgan fingerprint density at radius 1 is 1.24 bits per heavy atom. The highest BCUT2D eigenvalue weighted by molar-refractivity contribution is 5.68. The SMILES string of the molecule is CC(CC1CCCCCN1C(=O)OC(C)(C)C)NCC1(O)CCCC1. The smallest absolute Gasteiger partial charge is 0.410 e. The van der Waals surface area contributed by atoms with Crippen molar-refractivity contribution in [2.24, 2.45) is 0 Å². The molecule has 146 valence electrons. The maximum Gasteiger partial charge on any atom is 0.410 e. The molecule has 2 fully saturated rings. The fourth-order valence-electron chi connectivity index (χ4n) is 4.05. The van der Waals surface area contributed by atoms with Crippen molar-refractivity contribution in [1.29, 1.82) is 0 Å². The fraction of sp³-hybridized carbons (Fsp3) is 0.950. The van der Waals surface area contributed by atoms with Crippen LogP contribution in [-0.4, -0.2) is 52.5 Å². The van der Waals surface area contributed by atoms with Crippen molar-refractivity contribution in [1.82, 2.24) is 10.2 Å². The van der Waals surface area contributed by atoms with Crippen molar-refractivity contribution in [3.8, 4) is 0 Å². The summed E-state index contributed by atoms with van der Waals surface area (Å²) in [6.07, 6.45) is 9.23. The zero-order valence-electron chi connectivity index (χ0n) is 16.6. The standard InChI is InChI=1S/C20H38N2O3/c1-16(21-15-20(24)11-7-8-12-20)14-17-10-6-5-9-13-22(17)18(23)25-19(2,3)4/h16-17,21,24H,5-15H2,1-4H3. The van der Waals surface area contributed by atoms with E-state index < -0.39 is 11.2 Å². The molecule has 2 unspecified atom stereocenters. The van der Waals surface area contributed by atoms with E-state index in [-0.39, 0.29) is 18.2 Å². The highest BCUT2D eigenvalue weighted by Crippen LogP contribution is 2.29. The molecule has 2 aliphatic rings. The first-order valence-electron chi connectivity index (χ1n) is 10.1. The number of nitrogens with one attached hydrogen (secondary N) is 1. The van der Waals surface area contributed by atoms with Gasteiger partial charge in [0, 0.05) is 25.2 Å². The molecule has 0 bridgehead atoms. The Labute approximate surface area is 153 Å². The van der Waals surface area contributed by atoms with Gasteiger partial charge in [0.1, 0.15) is 5.60 Å². The molecule has 5 nitrogen and oxygen atoms in total. The number of amides is 1. The summed E-state index contributed by atoms with van der Waals surface area (Å²) in [6.45, 7) is 9.37. The van der Waals surface area contributed by atoms with E-state index in [1.54, 1.807) is 0 Å². The van der Waals surface area contributed by atoms with E-state index in [9.17, 15) is 9.90 Å². The minimum atomic E-state index is -0.525. The monoisotopic (exact) mass is 354 g/mol. The number of likely N-dealkylation sites (tertiary alicyclic amines) is 1. The summed E-state index contributed by atoms with van der Waals surface area (Å²) in [5.41, 5.74) is -0.980. The molecule has 0 spiro atoms. The summed E-state index contributed by atoms with van der Waals surface area (Å²) in [7, 11) is 0. The Bertz CT molecular complexity index is 427. The highest BCUT2D eigenvalue weighted by Gasteiger charge is 2.33. The van der Waals surface area contributed by atoms with Gasteiger partial charge in [0.25, 0.3) is 0 Å². The van der Waals surface area contributed by atoms with Crippen molar-refractivity contribution < 1.29 is 14.6 Å². The molecule has 0 aromatic heterocycles. The van der Waals surface area contributed by atoms with Crippen LogP contribution in [0, 0.1) is 0 Å². The lowest BCUT2D eigenvalue weighted by atomic mass is 9.99. The van der Waals surface area contributed by atoms with Crippen LogP contribution < -0.4 is 5.32 Å². The van der Waals surface area contributed by atoms with Crippen molar-refractivity contribution in [3.05, 3.63) is 0 Å². The Kier molecular flexibility index (Phi) is 7.15. The van der Waals surface area contributed by atoms with Gasteiger partial charge in [-0.25, -0.2) is 4.79 Å². The lowest BCUT2D eigenvalue weighted by Crippen LogP contribution is -2.47. The van der Waals surface area contributed by atoms with Crippen molar-refractivity contribution in [2.75, 3.05) is 13.1 Å². The molecule has 0 radical (unpaired) electrons. The van der Waals surface area contributed by atoms with Crippen LogP contribution in [0.2, 0.25) is 0 Å². The van der Waals surface area contributed by atoms with Crippen LogP contribution in [-0.2, 0) is 4.74 Å². The maximum atomic E-state index is 12.6. The summed E-state index contributed by atoms with van der Waals surface area (Å²) in [5.74, 6) is 0. The summed E-state index contributed by atoms with van der Waals surface area (Å²) >= 11 is 0. The molecule has 1 heterocycles. The minimum absolute atomic E-state index is 0.180. The van der Waals surface area contributed by atoms with Crippen LogP contribution in [0.25, 0.3) is 0 Å². The highest BCUT2D eigenvalue weighted by atomic mass is 16.6. The van der Waals surface area contributed by atoms with E-state index in [2.05, 4.69) is 12.2 Å². The van der Waals surface area contributed by atoms with Gasteiger partial charge in [0.2, 0.25) is 0 Å². The molecule has 1 saturated carbocycles. The van der Waals surface area contributed by atoms with Crippen molar-refractivity contribution >= 4 is 6.09 Å². The number of nitrogens with zero attached hydrogens (tertiary/aromatic N) is 1. The summed E-state index contributed by atoms with van der Waals surface area (Å²) < 4.78 is 5.63. The van der Waals surface area contributed by atoms with Gasteiger partial charge in [0.15, 0.2) is 0 Å². The van der Waals surface area contributed by atoms with Gasteiger partial charge in [-0.2, -0.15) is 0 Å². The first-order valence-corrected chi connectivity index (χ1v) is 10.1. The molecule has 1 aliphatic carbocycles. The summed E-state index contributed by atoms with van der Waals surface area (Å²) in [6, 6.07) is 0.496. The lowest BCUT2D eigenvalue weighted by molar-refractivity contribution is 0.0138. The van der Waals surface area contributed by atoms with Gasteiger partial charge in [-0.15, -0.1) is 0 Å². The van der Waals surface area contributed by atoms with Crippen LogP contribution in [0.15, 0.2) is 0 Å². The molecule has 0 aromatic rings. The molecular formula is C20H38N2O3. The topological polar surface area (TPSA) is 61.8 Å². The maximum absolute atomic E-state index is 12.6. The van der Waals surface area contributed by atoms with Gasteiger partial charge in [0.05, 0.1) is 5.60 Å². The molecule has 1 aliphatic heterocycles. The number of ether oxygens (including phenoxy) is 1. The third-order valence-corrected chi connectivity index (χ3v) is 5.44. The molecule has 2 rings (SSSR count).